The number of aromatic nitrogens is 4. The van der Waals surface area contributed by atoms with Crippen LogP contribution in [0, 0.1) is 6.92 Å². The number of benzene rings is 1. The molecule has 0 unspecified atom stereocenters. The van der Waals surface area contributed by atoms with Gasteiger partial charge in [0.25, 0.3) is 0 Å². The summed E-state index contributed by atoms with van der Waals surface area (Å²) in [6.45, 7) is 6.67. The van der Waals surface area contributed by atoms with E-state index >= 15 is 0 Å². The molecule has 3 aromatic rings. The van der Waals surface area contributed by atoms with E-state index in [1.807, 2.05) is 30.0 Å². The maximum atomic E-state index is 10.2. The van der Waals surface area contributed by atoms with Gasteiger partial charge in [-0.05, 0) is 52.5 Å². The number of phenolic OH excluding ortho intramolecular Hbond substituents is 1. The smallest absolute Gasteiger partial charge is 0.227 e. The van der Waals surface area contributed by atoms with Gasteiger partial charge in [0.15, 0.2) is 17.0 Å². The molecule has 0 spiro atoms. The molecule has 0 radical (unpaired) electrons. The van der Waals surface area contributed by atoms with Gasteiger partial charge in [-0.2, -0.15) is 9.97 Å². The van der Waals surface area contributed by atoms with Gasteiger partial charge >= 0.3 is 0 Å². The fourth-order valence-electron chi connectivity index (χ4n) is 3.96. The minimum atomic E-state index is 0.235. The molecule has 1 aromatic carbocycles. The number of aryl methyl sites for hydroxylation is 1. The van der Waals surface area contributed by atoms with E-state index in [4.69, 9.17) is 15.7 Å². The Kier molecular flexibility index (Phi) is 5.76. The van der Waals surface area contributed by atoms with Gasteiger partial charge in [-0.3, -0.25) is 0 Å². The molecule has 5 N–H and O–H groups in total. The first-order valence-corrected chi connectivity index (χ1v) is 10.7. The highest BCUT2D eigenvalue weighted by molar-refractivity contribution is 5.84. The summed E-state index contributed by atoms with van der Waals surface area (Å²) >= 11 is 0. The van der Waals surface area contributed by atoms with Crippen LogP contribution < -0.4 is 16.4 Å². The van der Waals surface area contributed by atoms with Crippen molar-refractivity contribution in [2.24, 2.45) is 5.73 Å². The Hall–Kier alpha value is -2.87. The second-order valence-electron chi connectivity index (χ2n) is 8.56. The molecular weight excluding hydrogens is 378 g/mol. The fourth-order valence-corrected chi connectivity index (χ4v) is 3.96. The Morgan fingerprint density at radius 3 is 2.70 bits per heavy atom. The molecule has 1 aliphatic rings. The number of fused-ring (bicyclic) bond motifs is 1. The van der Waals surface area contributed by atoms with Crippen LogP contribution in [0.15, 0.2) is 24.5 Å². The zero-order chi connectivity index (χ0) is 21.3. The van der Waals surface area contributed by atoms with E-state index in [-0.39, 0.29) is 11.8 Å². The highest BCUT2D eigenvalue weighted by Gasteiger charge is 2.21. The zero-order valence-corrected chi connectivity index (χ0v) is 17.9. The summed E-state index contributed by atoms with van der Waals surface area (Å²) in [5.74, 6) is 1.53. The minimum absolute atomic E-state index is 0.235. The van der Waals surface area contributed by atoms with Crippen LogP contribution in [0.3, 0.4) is 0 Å². The molecule has 1 saturated carbocycles. The SMILES string of the molecule is Cc1ccc(O)c(CNc2nc(NC3CCC(N)CC3)nc3c2ncn3C(C)C)c1. The van der Waals surface area contributed by atoms with E-state index in [9.17, 15) is 5.11 Å². The predicted molar refractivity (Wildman–Crippen MR) is 120 cm³/mol. The van der Waals surface area contributed by atoms with Crippen LogP contribution in [-0.4, -0.2) is 36.7 Å². The van der Waals surface area contributed by atoms with Crippen LogP contribution in [-0.2, 0) is 6.54 Å². The number of rotatable bonds is 6. The number of hydrogen-bond donors (Lipinski definition) is 4. The summed E-state index contributed by atoms with van der Waals surface area (Å²) < 4.78 is 2.05. The Balaban J connectivity index is 1.64. The molecule has 2 heterocycles. The molecular formula is C22H31N7O. The average Bonchev–Trinajstić information content (AvgIpc) is 3.14. The Labute approximate surface area is 176 Å². The van der Waals surface area contributed by atoms with E-state index in [1.165, 1.54) is 0 Å². The quantitative estimate of drug-likeness (QED) is 0.491. The molecule has 0 aliphatic heterocycles. The van der Waals surface area contributed by atoms with E-state index in [1.54, 1.807) is 6.07 Å². The summed E-state index contributed by atoms with van der Waals surface area (Å²) in [6.07, 6.45) is 5.88. The number of phenols is 1. The Morgan fingerprint density at radius 2 is 1.97 bits per heavy atom. The maximum absolute atomic E-state index is 10.2. The second kappa shape index (κ2) is 8.47. The molecule has 4 rings (SSSR count). The Morgan fingerprint density at radius 1 is 1.20 bits per heavy atom. The van der Waals surface area contributed by atoms with E-state index in [0.29, 0.717) is 30.4 Å². The third kappa shape index (κ3) is 4.33. The maximum Gasteiger partial charge on any atom is 0.227 e. The zero-order valence-electron chi connectivity index (χ0n) is 17.9. The molecule has 1 fully saturated rings. The van der Waals surface area contributed by atoms with Crippen molar-refractivity contribution >= 4 is 22.9 Å². The summed E-state index contributed by atoms with van der Waals surface area (Å²) in [5, 5.41) is 17.0. The van der Waals surface area contributed by atoms with Gasteiger partial charge in [0.2, 0.25) is 5.95 Å². The second-order valence-corrected chi connectivity index (χ2v) is 8.56. The van der Waals surface area contributed by atoms with Crippen molar-refractivity contribution in [3.8, 4) is 5.75 Å². The highest BCUT2D eigenvalue weighted by Crippen LogP contribution is 2.27. The van der Waals surface area contributed by atoms with Crippen molar-refractivity contribution in [3.63, 3.8) is 0 Å². The minimum Gasteiger partial charge on any atom is -0.508 e. The van der Waals surface area contributed by atoms with Crippen molar-refractivity contribution in [2.45, 2.75) is 71.1 Å². The summed E-state index contributed by atoms with van der Waals surface area (Å²) in [7, 11) is 0. The molecule has 1 aliphatic carbocycles. The summed E-state index contributed by atoms with van der Waals surface area (Å²) in [6, 6.07) is 6.44. The first-order valence-electron chi connectivity index (χ1n) is 10.7. The number of nitrogens with zero attached hydrogens (tertiary/aromatic N) is 4. The number of aromatic hydroxyl groups is 1. The van der Waals surface area contributed by atoms with Crippen LogP contribution >= 0.6 is 0 Å². The van der Waals surface area contributed by atoms with Crippen LogP contribution in [0.2, 0.25) is 0 Å². The van der Waals surface area contributed by atoms with Crippen molar-refractivity contribution in [2.75, 3.05) is 10.6 Å². The molecule has 0 saturated heterocycles. The number of nitrogens with one attached hydrogen (secondary N) is 2. The standard InChI is InChI=1S/C22H31N7O/c1-13(2)29-12-25-19-20(24-11-15-10-14(3)4-9-18(15)30)27-22(28-21(19)29)26-17-7-5-16(23)6-8-17/h4,9-10,12-13,16-17,30H,5-8,11,23H2,1-3H3,(H2,24,26,27,28). The third-order valence-corrected chi connectivity index (χ3v) is 5.76. The van der Waals surface area contributed by atoms with Crippen LogP contribution in [0.25, 0.3) is 11.2 Å². The first kappa shape index (κ1) is 20.4. The lowest BCUT2D eigenvalue weighted by atomic mass is 9.92. The normalized spacial score (nSPS) is 19.4. The predicted octanol–water partition coefficient (Wildman–Crippen LogP) is 3.72. The van der Waals surface area contributed by atoms with Gasteiger partial charge in [0.05, 0.1) is 6.33 Å². The Bertz CT molecular complexity index is 1020. The van der Waals surface area contributed by atoms with Gasteiger partial charge in [0.1, 0.15) is 5.75 Å². The van der Waals surface area contributed by atoms with Gasteiger partial charge in [-0.25, -0.2) is 4.98 Å². The summed E-state index contributed by atoms with van der Waals surface area (Å²) in [4.78, 5) is 14.1. The molecule has 8 heteroatoms. The topological polar surface area (TPSA) is 114 Å². The van der Waals surface area contributed by atoms with Crippen molar-refractivity contribution < 1.29 is 5.11 Å². The lowest BCUT2D eigenvalue weighted by Gasteiger charge is -2.27. The van der Waals surface area contributed by atoms with E-state index in [0.717, 1.165) is 48.0 Å². The van der Waals surface area contributed by atoms with E-state index in [2.05, 4.69) is 29.5 Å². The van der Waals surface area contributed by atoms with Crippen LogP contribution in [0.5, 0.6) is 5.75 Å². The largest absolute Gasteiger partial charge is 0.508 e. The fraction of sp³-hybridized carbons (Fsp3) is 0.500. The molecule has 0 atom stereocenters. The third-order valence-electron chi connectivity index (χ3n) is 5.76. The molecule has 2 aromatic heterocycles. The van der Waals surface area contributed by atoms with Crippen LogP contribution in [0.4, 0.5) is 11.8 Å². The number of anilines is 2. The number of hydrogen-bond acceptors (Lipinski definition) is 7. The van der Waals surface area contributed by atoms with Gasteiger partial charge in [0, 0.05) is 30.2 Å². The molecule has 8 nitrogen and oxygen atoms in total. The molecule has 0 amide bonds. The van der Waals surface area contributed by atoms with Crippen molar-refractivity contribution in [3.05, 3.63) is 35.7 Å². The van der Waals surface area contributed by atoms with Gasteiger partial charge in [-0.1, -0.05) is 17.7 Å². The average molecular weight is 410 g/mol. The molecule has 30 heavy (non-hydrogen) atoms. The lowest BCUT2D eigenvalue weighted by molar-refractivity contribution is 0.410. The molecule has 160 valence electrons. The van der Waals surface area contributed by atoms with Crippen molar-refractivity contribution in [1.82, 2.24) is 19.5 Å². The lowest BCUT2D eigenvalue weighted by Crippen LogP contribution is -2.33. The summed E-state index contributed by atoms with van der Waals surface area (Å²) in [5.41, 5.74) is 9.49. The van der Waals surface area contributed by atoms with Gasteiger partial charge < -0.3 is 26.0 Å². The molecule has 0 bridgehead atoms. The van der Waals surface area contributed by atoms with Gasteiger partial charge in [-0.15, -0.1) is 0 Å². The monoisotopic (exact) mass is 409 g/mol. The highest BCUT2D eigenvalue weighted by atomic mass is 16.3. The number of imidazole rings is 1. The number of nitrogens with two attached hydrogens (primary N) is 1. The first-order chi connectivity index (χ1) is 14.4. The van der Waals surface area contributed by atoms with E-state index < -0.39 is 0 Å². The van der Waals surface area contributed by atoms with Crippen LogP contribution in [0.1, 0.15) is 56.7 Å². The van der Waals surface area contributed by atoms with Crippen molar-refractivity contribution in [1.29, 1.82) is 0 Å².